The van der Waals surface area contributed by atoms with Gasteiger partial charge in [-0.1, -0.05) is 24.3 Å². The third kappa shape index (κ3) is 1.41. The number of nitrogens with zero attached hydrogens (tertiary/aromatic N) is 1. The zero-order chi connectivity index (χ0) is 13.9. The third-order valence-electron chi connectivity index (χ3n) is 3.93. The minimum Gasteiger partial charge on any atom is -0.298 e. The summed E-state index contributed by atoms with van der Waals surface area (Å²) in [5.41, 5.74) is 2.85. The van der Waals surface area contributed by atoms with Crippen molar-refractivity contribution in [3.63, 3.8) is 0 Å². The van der Waals surface area contributed by atoms with E-state index >= 15 is 0 Å². The molecular formula is C15H12N2O2S. The summed E-state index contributed by atoms with van der Waals surface area (Å²) in [6.45, 7) is 0. The first-order valence-corrected chi connectivity index (χ1v) is 7.31. The quantitative estimate of drug-likeness (QED) is 0.687. The van der Waals surface area contributed by atoms with Crippen molar-refractivity contribution in [2.45, 2.75) is 12.8 Å². The monoisotopic (exact) mass is 284 g/mol. The highest BCUT2D eigenvalue weighted by Gasteiger charge is 2.23. The number of rotatable bonds is 0. The summed E-state index contributed by atoms with van der Waals surface area (Å²) in [5, 5.41) is 0.652. The van der Waals surface area contributed by atoms with Crippen LogP contribution in [0, 0.1) is 0 Å². The number of benzene rings is 1. The maximum Gasteiger partial charge on any atom is 0.329 e. The molecule has 0 aliphatic heterocycles. The summed E-state index contributed by atoms with van der Waals surface area (Å²) < 4.78 is 1.15. The van der Waals surface area contributed by atoms with Crippen molar-refractivity contribution in [3.8, 4) is 11.1 Å². The molecule has 0 amide bonds. The summed E-state index contributed by atoms with van der Waals surface area (Å²) >= 11 is 1.53. The molecule has 0 saturated heterocycles. The first-order valence-electron chi connectivity index (χ1n) is 6.50. The molecule has 1 aliphatic rings. The van der Waals surface area contributed by atoms with E-state index in [0.29, 0.717) is 10.2 Å². The van der Waals surface area contributed by atoms with Gasteiger partial charge in [-0.15, -0.1) is 11.3 Å². The van der Waals surface area contributed by atoms with Crippen molar-refractivity contribution >= 4 is 21.6 Å². The number of hydrogen-bond donors (Lipinski definition) is 1. The average molecular weight is 284 g/mol. The Kier molecular flexibility index (Phi) is 2.29. The van der Waals surface area contributed by atoms with E-state index in [9.17, 15) is 9.59 Å². The van der Waals surface area contributed by atoms with Gasteiger partial charge in [-0.3, -0.25) is 14.3 Å². The molecule has 1 N–H and O–H groups in total. The molecule has 20 heavy (non-hydrogen) atoms. The molecular weight excluding hydrogens is 272 g/mol. The largest absolute Gasteiger partial charge is 0.329 e. The molecule has 4 rings (SSSR count). The molecule has 0 unspecified atom stereocenters. The summed E-state index contributed by atoms with van der Waals surface area (Å²) in [5.74, 6) is 0. The van der Waals surface area contributed by atoms with E-state index in [4.69, 9.17) is 0 Å². The molecule has 100 valence electrons. The Labute approximate surface area is 118 Å². The van der Waals surface area contributed by atoms with E-state index in [1.165, 1.54) is 28.8 Å². The molecule has 1 aliphatic carbocycles. The topological polar surface area (TPSA) is 54.9 Å². The van der Waals surface area contributed by atoms with E-state index in [2.05, 4.69) is 17.1 Å². The SMILES string of the molecule is Cn1c(=O)[nH]c2sc3c(c2c1=O)-c1ccccc1CC3. The van der Waals surface area contributed by atoms with Gasteiger partial charge in [0.2, 0.25) is 0 Å². The fraction of sp³-hybridized carbons (Fsp3) is 0.200. The van der Waals surface area contributed by atoms with Crippen LogP contribution in [0.2, 0.25) is 0 Å². The molecule has 0 fully saturated rings. The Morgan fingerprint density at radius 1 is 1.20 bits per heavy atom. The number of aromatic amines is 1. The Morgan fingerprint density at radius 2 is 2.00 bits per heavy atom. The number of aromatic nitrogens is 2. The lowest BCUT2D eigenvalue weighted by molar-refractivity contribution is 0.795. The molecule has 4 nitrogen and oxygen atoms in total. The lowest BCUT2D eigenvalue weighted by Gasteiger charge is -2.16. The van der Waals surface area contributed by atoms with Crippen molar-refractivity contribution in [3.05, 3.63) is 55.5 Å². The second-order valence-corrected chi connectivity index (χ2v) is 6.16. The van der Waals surface area contributed by atoms with Crippen molar-refractivity contribution < 1.29 is 0 Å². The van der Waals surface area contributed by atoms with Gasteiger partial charge in [0.05, 0.1) is 5.39 Å². The first kappa shape index (κ1) is 11.7. The summed E-state index contributed by atoms with van der Waals surface area (Å²) in [6, 6.07) is 8.19. The van der Waals surface area contributed by atoms with Crippen LogP contribution in [-0.2, 0) is 19.9 Å². The van der Waals surface area contributed by atoms with Gasteiger partial charge in [0, 0.05) is 17.5 Å². The number of H-pyrrole nitrogens is 1. The van der Waals surface area contributed by atoms with Crippen molar-refractivity contribution in [2.75, 3.05) is 0 Å². The van der Waals surface area contributed by atoms with Crippen molar-refractivity contribution in [2.24, 2.45) is 7.05 Å². The lowest BCUT2D eigenvalue weighted by Crippen LogP contribution is -2.32. The number of fused-ring (bicyclic) bond motifs is 5. The molecule has 0 bridgehead atoms. The van der Waals surface area contributed by atoms with E-state index in [1.54, 1.807) is 0 Å². The van der Waals surface area contributed by atoms with Gasteiger partial charge in [0.1, 0.15) is 4.83 Å². The standard InChI is InChI=1S/C15H12N2O2S/c1-17-14(18)12-11-9-5-3-2-4-8(9)6-7-10(11)20-13(12)16-15(17)19/h2-5H,6-7H2,1H3,(H,16,19). The van der Waals surface area contributed by atoms with E-state index in [0.717, 1.165) is 28.5 Å². The predicted octanol–water partition coefficient (Wildman–Crippen LogP) is 2.05. The second-order valence-electron chi connectivity index (χ2n) is 5.06. The van der Waals surface area contributed by atoms with Gasteiger partial charge in [0.15, 0.2) is 0 Å². The molecule has 0 atom stereocenters. The van der Waals surface area contributed by atoms with Crippen LogP contribution in [0.5, 0.6) is 0 Å². The van der Waals surface area contributed by atoms with Crippen molar-refractivity contribution in [1.82, 2.24) is 9.55 Å². The molecule has 0 spiro atoms. The van der Waals surface area contributed by atoms with Gasteiger partial charge in [-0.2, -0.15) is 0 Å². The first-order chi connectivity index (χ1) is 9.66. The molecule has 2 aromatic heterocycles. The normalized spacial score (nSPS) is 13.2. The van der Waals surface area contributed by atoms with Crippen LogP contribution in [0.1, 0.15) is 10.4 Å². The molecule has 0 radical (unpaired) electrons. The maximum atomic E-state index is 12.4. The van der Waals surface area contributed by atoms with Crippen molar-refractivity contribution in [1.29, 1.82) is 0 Å². The highest BCUT2D eigenvalue weighted by Crippen LogP contribution is 2.41. The summed E-state index contributed by atoms with van der Waals surface area (Å²) in [7, 11) is 1.51. The Hall–Kier alpha value is -2.14. The van der Waals surface area contributed by atoms with Crippen LogP contribution >= 0.6 is 11.3 Å². The second kappa shape index (κ2) is 3.93. The lowest BCUT2D eigenvalue weighted by atomic mass is 9.89. The van der Waals surface area contributed by atoms with Crippen LogP contribution in [0.15, 0.2) is 33.9 Å². The number of thiophene rings is 1. The Morgan fingerprint density at radius 3 is 2.85 bits per heavy atom. The molecule has 1 aromatic carbocycles. The van der Waals surface area contributed by atoms with Crippen LogP contribution in [0.3, 0.4) is 0 Å². The smallest absolute Gasteiger partial charge is 0.298 e. The van der Waals surface area contributed by atoms with Crippen LogP contribution in [0.25, 0.3) is 21.3 Å². The summed E-state index contributed by atoms with van der Waals surface area (Å²) in [6.07, 6.45) is 1.91. The summed E-state index contributed by atoms with van der Waals surface area (Å²) in [4.78, 5) is 28.9. The van der Waals surface area contributed by atoms with Gasteiger partial charge in [-0.25, -0.2) is 4.79 Å². The number of nitrogens with one attached hydrogen (secondary N) is 1. The zero-order valence-corrected chi connectivity index (χ0v) is 11.7. The van der Waals surface area contributed by atoms with E-state index in [1.807, 2.05) is 12.1 Å². The average Bonchev–Trinajstić information content (AvgIpc) is 2.83. The fourth-order valence-corrected chi connectivity index (χ4v) is 4.10. The number of aryl methyl sites for hydroxylation is 2. The Balaban J connectivity index is 2.22. The van der Waals surface area contributed by atoms with Gasteiger partial charge in [-0.05, 0) is 24.0 Å². The predicted molar refractivity (Wildman–Crippen MR) is 80.5 cm³/mol. The van der Waals surface area contributed by atoms with Gasteiger partial charge >= 0.3 is 5.69 Å². The fourth-order valence-electron chi connectivity index (χ4n) is 2.90. The highest BCUT2D eigenvalue weighted by molar-refractivity contribution is 7.19. The molecule has 5 heteroatoms. The zero-order valence-electron chi connectivity index (χ0n) is 10.9. The minimum atomic E-state index is -0.352. The highest BCUT2D eigenvalue weighted by atomic mass is 32.1. The van der Waals surface area contributed by atoms with Gasteiger partial charge < -0.3 is 0 Å². The minimum absolute atomic E-state index is 0.210. The third-order valence-corrected chi connectivity index (χ3v) is 5.10. The van der Waals surface area contributed by atoms with Gasteiger partial charge in [0.25, 0.3) is 5.56 Å². The van der Waals surface area contributed by atoms with Crippen LogP contribution in [-0.4, -0.2) is 9.55 Å². The van der Waals surface area contributed by atoms with E-state index < -0.39 is 0 Å². The van der Waals surface area contributed by atoms with Crippen LogP contribution in [0.4, 0.5) is 0 Å². The Bertz CT molecular complexity index is 962. The van der Waals surface area contributed by atoms with Crippen LogP contribution < -0.4 is 11.2 Å². The maximum absolute atomic E-state index is 12.4. The molecule has 3 aromatic rings. The molecule has 2 heterocycles. The molecule has 0 saturated carbocycles. The number of hydrogen-bond acceptors (Lipinski definition) is 3. The van der Waals surface area contributed by atoms with E-state index in [-0.39, 0.29) is 11.2 Å².